The Hall–Kier alpha value is -4.20. The molecular formula is C44H32P2Pd. The molecule has 0 saturated carbocycles. The molecule has 3 heteroatoms. The summed E-state index contributed by atoms with van der Waals surface area (Å²) in [5.74, 6) is 0. The molecule has 0 spiro atoms. The van der Waals surface area contributed by atoms with E-state index in [-0.39, 0.29) is 20.4 Å². The van der Waals surface area contributed by atoms with Gasteiger partial charge in [-0.3, -0.25) is 0 Å². The molecule has 0 aliphatic rings. The molecular weight excluding hydrogens is 697 g/mol. The molecule has 8 rings (SSSR count). The Morgan fingerprint density at radius 3 is 0.872 bits per heavy atom. The minimum absolute atomic E-state index is 0. The van der Waals surface area contributed by atoms with Crippen molar-refractivity contribution in [1.29, 1.82) is 0 Å². The Morgan fingerprint density at radius 1 is 0.277 bits per heavy atom. The van der Waals surface area contributed by atoms with Crippen molar-refractivity contribution in [3.8, 4) is 0 Å². The van der Waals surface area contributed by atoms with Gasteiger partial charge in [0, 0.05) is 20.4 Å². The molecule has 0 aliphatic heterocycles. The van der Waals surface area contributed by atoms with Crippen LogP contribution in [0.2, 0.25) is 0 Å². The van der Waals surface area contributed by atoms with Crippen molar-refractivity contribution < 1.29 is 20.4 Å². The Kier molecular flexibility index (Phi) is 11.2. The minimum atomic E-state index is -0.575. The summed E-state index contributed by atoms with van der Waals surface area (Å²) in [5, 5.41) is 12.8. The monoisotopic (exact) mass is 728 g/mol. The molecule has 0 N–H and O–H groups in total. The molecule has 0 nitrogen and oxygen atoms in total. The van der Waals surface area contributed by atoms with Gasteiger partial charge >= 0.3 is 0 Å². The van der Waals surface area contributed by atoms with Gasteiger partial charge in [-0.15, -0.1) is 0 Å². The molecule has 8 aromatic rings. The van der Waals surface area contributed by atoms with Crippen LogP contribution in [-0.2, 0) is 20.4 Å². The SMILES string of the molecule is [Pd].[c]1c(P(c2ccccc2)c2ccccc2)ccc2ccccc12.[c]1c(P(c2ccccc2)c2ccccc2)ccc2ccccc12. The van der Waals surface area contributed by atoms with Gasteiger partial charge in [0.15, 0.2) is 0 Å². The summed E-state index contributed by atoms with van der Waals surface area (Å²) in [4.78, 5) is 0. The third-order valence-electron chi connectivity index (χ3n) is 7.83. The number of hydrogen-bond acceptors (Lipinski definition) is 0. The number of hydrogen-bond donors (Lipinski definition) is 0. The van der Waals surface area contributed by atoms with Crippen molar-refractivity contribution in [1.82, 2.24) is 0 Å². The molecule has 0 unspecified atom stereocenters. The van der Waals surface area contributed by atoms with E-state index in [2.05, 4.69) is 206 Å². The summed E-state index contributed by atoms with van der Waals surface area (Å²) in [7, 11) is -1.15. The largest absolute Gasteiger partial charge is 0.0622 e. The molecule has 228 valence electrons. The van der Waals surface area contributed by atoms with Gasteiger partial charge in [-0.05, 0) is 81.3 Å². The van der Waals surface area contributed by atoms with Gasteiger partial charge in [0.05, 0.1) is 0 Å². The summed E-state index contributed by atoms with van der Waals surface area (Å²) in [6.07, 6.45) is 0. The number of benzene rings is 8. The van der Waals surface area contributed by atoms with Crippen molar-refractivity contribution in [2.45, 2.75) is 0 Å². The third-order valence-corrected chi connectivity index (χ3v) is 12.6. The van der Waals surface area contributed by atoms with Gasteiger partial charge in [0.1, 0.15) is 0 Å². The Morgan fingerprint density at radius 2 is 0.553 bits per heavy atom. The average molecular weight is 729 g/mol. The zero-order chi connectivity index (χ0) is 31.0. The van der Waals surface area contributed by atoms with Crippen LogP contribution in [0.1, 0.15) is 0 Å². The summed E-state index contributed by atoms with van der Waals surface area (Å²) >= 11 is 0. The molecule has 0 atom stereocenters. The summed E-state index contributed by atoms with van der Waals surface area (Å²) in [5.41, 5.74) is 0. The van der Waals surface area contributed by atoms with Crippen molar-refractivity contribution in [3.05, 3.63) is 206 Å². The zero-order valence-corrected chi connectivity index (χ0v) is 29.0. The van der Waals surface area contributed by atoms with Crippen LogP contribution in [0.15, 0.2) is 194 Å². The first-order valence-corrected chi connectivity index (χ1v) is 18.1. The standard InChI is InChI=1S/2C22H16P.Pd/c2*1-3-11-20(12-4-1)23(21-13-5-2-6-14-21)22-16-15-18-9-7-8-10-19(18)17-22;/h2*1-16H;. The van der Waals surface area contributed by atoms with E-state index in [9.17, 15) is 0 Å². The number of rotatable bonds is 6. The maximum absolute atomic E-state index is 3.65. The van der Waals surface area contributed by atoms with Gasteiger partial charge < -0.3 is 0 Å². The number of fused-ring (bicyclic) bond motifs is 2. The van der Waals surface area contributed by atoms with Crippen molar-refractivity contribution in [2.75, 3.05) is 0 Å². The van der Waals surface area contributed by atoms with E-state index in [0.717, 1.165) is 0 Å². The fourth-order valence-corrected chi connectivity index (χ4v) is 10.1. The second-order valence-electron chi connectivity index (χ2n) is 10.9. The first kappa shape index (κ1) is 32.7. The van der Waals surface area contributed by atoms with E-state index in [1.54, 1.807) is 0 Å². The zero-order valence-electron chi connectivity index (χ0n) is 25.7. The van der Waals surface area contributed by atoms with Gasteiger partial charge in [0.2, 0.25) is 0 Å². The van der Waals surface area contributed by atoms with Crippen LogP contribution in [0.25, 0.3) is 21.5 Å². The van der Waals surface area contributed by atoms with Gasteiger partial charge in [-0.25, -0.2) is 0 Å². The van der Waals surface area contributed by atoms with E-state index in [4.69, 9.17) is 0 Å². The second kappa shape index (κ2) is 16.1. The second-order valence-corrected chi connectivity index (χ2v) is 15.2. The van der Waals surface area contributed by atoms with Crippen LogP contribution in [0.5, 0.6) is 0 Å². The average Bonchev–Trinajstić information content (AvgIpc) is 3.14. The fraction of sp³-hybridized carbons (Fsp3) is 0. The maximum Gasteiger partial charge on any atom is 0 e. The van der Waals surface area contributed by atoms with E-state index < -0.39 is 15.8 Å². The molecule has 0 aromatic heterocycles. The molecule has 0 amide bonds. The topological polar surface area (TPSA) is 0 Å². The van der Waals surface area contributed by atoms with Gasteiger partial charge in [0.25, 0.3) is 0 Å². The van der Waals surface area contributed by atoms with Gasteiger partial charge in [-0.2, -0.15) is 0 Å². The van der Waals surface area contributed by atoms with E-state index in [1.165, 1.54) is 53.4 Å². The van der Waals surface area contributed by atoms with Crippen LogP contribution < -0.4 is 31.8 Å². The molecule has 0 aliphatic carbocycles. The molecule has 0 saturated heterocycles. The van der Waals surface area contributed by atoms with Crippen LogP contribution in [0, 0.1) is 12.1 Å². The molecule has 0 heterocycles. The Labute approximate surface area is 294 Å². The Bertz CT molecular complexity index is 1910. The van der Waals surface area contributed by atoms with Crippen LogP contribution >= 0.6 is 15.8 Å². The van der Waals surface area contributed by atoms with Crippen molar-refractivity contribution >= 4 is 69.2 Å². The van der Waals surface area contributed by atoms with Crippen LogP contribution in [0.4, 0.5) is 0 Å². The molecule has 2 radical (unpaired) electrons. The van der Waals surface area contributed by atoms with E-state index in [0.29, 0.717) is 0 Å². The molecule has 47 heavy (non-hydrogen) atoms. The summed E-state index contributed by atoms with van der Waals surface area (Å²) < 4.78 is 0. The first-order valence-electron chi connectivity index (χ1n) is 15.5. The summed E-state index contributed by atoms with van der Waals surface area (Å²) in [6, 6.07) is 76.1. The third kappa shape index (κ3) is 7.86. The van der Waals surface area contributed by atoms with E-state index in [1.807, 2.05) is 0 Å². The maximum atomic E-state index is 3.65. The smallest absolute Gasteiger partial charge is 0 e. The minimum Gasteiger partial charge on any atom is -0.0622 e. The van der Waals surface area contributed by atoms with Crippen LogP contribution in [-0.4, -0.2) is 0 Å². The van der Waals surface area contributed by atoms with Crippen molar-refractivity contribution in [2.24, 2.45) is 0 Å². The molecule has 0 bridgehead atoms. The Balaban J connectivity index is 0.000000161. The summed E-state index contributed by atoms with van der Waals surface area (Å²) in [6.45, 7) is 0. The molecule has 8 aromatic carbocycles. The van der Waals surface area contributed by atoms with Gasteiger partial charge in [-0.1, -0.05) is 194 Å². The predicted octanol–water partition coefficient (Wildman–Crippen LogP) is 8.79. The first-order chi connectivity index (χ1) is 22.8. The molecule has 0 fully saturated rings. The van der Waals surface area contributed by atoms with Crippen molar-refractivity contribution in [3.63, 3.8) is 0 Å². The quantitative estimate of drug-likeness (QED) is 0.119. The fourth-order valence-electron chi connectivity index (χ4n) is 5.63. The van der Waals surface area contributed by atoms with Crippen LogP contribution in [0.3, 0.4) is 0 Å². The predicted molar refractivity (Wildman–Crippen MR) is 203 cm³/mol. The normalized spacial score (nSPS) is 10.8. The van der Waals surface area contributed by atoms with E-state index >= 15 is 0 Å².